The molecule has 12 heavy (non-hydrogen) atoms. The summed E-state index contributed by atoms with van der Waals surface area (Å²) in [4.78, 5) is 11.0. The minimum absolute atomic E-state index is 0. The van der Waals surface area contributed by atoms with Crippen molar-refractivity contribution < 1.29 is 35.7 Å². The molecule has 0 aromatic carbocycles. The van der Waals surface area contributed by atoms with Gasteiger partial charge in [-0.3, -0.25) is 4.98 Å². The summed E-state index contributed by atoms with van der Waals surface area (Å²) in [5.74, 6) is 0. The zero-order valence-electron chi connectivity index (χ0n) is 8.03. The Morgan fingerprint density at radius 1 is 1.58 bits per heavy atom. The maximum Gasteiger partial charge on any atom is 1.00 e. The van der Waals surface area contributed by atoms with Crippen LogP contribution in [-0.4, -0.2) is 22.1 Å². The first-order chi connectivity index (χ1) is 5.40. The number of nitrogens with one attached hydrogen (secondary N) is 1. The molecule has 2 heterocycles. The van der Waals surface area contributed by atoms with Crippen LogP contribution in [0.15, 0.2) is 18.5 Å². The zero-order valence-corrected chi connectivity index (χ0v) is 9.03. The van der Waals surface area contributed by atoms with E-state index in [4.69, 9.17) is 4.74 Å². The van der Waals surface area contributed by atoms with Crippen LogP contribution >= 0.6 is 0 Å². The molecule has 2 aromatic heterocycles. The number of pyridine rings is 1. The maximum absolute atomic E-state index is 4.90. The minimum Gasteiger partial charge on any atom is -1.00 e. The van der Waals surface area contributed by atoms with Crippen molar-refractivity contribution in [1.29, 1.82) is 0 Å². The van der Waals surface area contributed by atoms with E-state index in [1.165, 1.54) is 0 Å². The Kier molecular flexibility index (Phi) is 3.08. The molecular weight excluding hydrogens is 165 g/mol. The fourth-order valence-corrected chi connectivity index (χ4v) is 0.930. The first kappa shape index (κ1) is 9.51. The van der Waals surface area contributed by atoms with E-state index in [-0.39, 0.29) is 31.0 Å². The van der Waals surface area contributed by atoms with Gasteiger partial charge in [-0.25, -0.2) is 0 Å². The van der Waals surface area contributed by atoms with Crippen molar-refractivity contribution in [3.8, 4) is 6.01 Å². The van der Waals surface area contributed by atoms with Gasteiger partial charge in [0.2, 0.25) is 0 Å². The van der Waals surface area contributed by atoms with E-state index < -0.39 is 0 Å². The van der Waals surface area contributed by atoms with Gasteiger partial charge in [0.15, 0.2) is 0 Å². The number of aromatic amines is 1. The van der Waals surface area contributed by atoms with Gasteiger partial charge in [-0.15, -0.1) is 0 Å². The summed E-state index contributed by atoms with van der Waals surface area (Å²) in [6.45, 7) is 0. The Hall–Kier alpha value is -0.580. The predicted molar refractivity (Wildman–Crippen MR) is 41.6 cm³/mol. The van der Waals surface area contributed by atoms with Gasteiger partial charge in [-0.1, -0.05) is 0 Å². The van der Waals surface area contributed by atoms with Crippen LogP contribution in [0.3, 0.4) is 0 Å². The third-order valence-electron chi connectivity index (χ3n) is 1.46. The molecular formula is C7H8N3NaO. The number of hydrogen-bond donors (Lipinski definition) is 1. The van der Waals surface area contributed by atoms with E-state index in [2.05, 4.69) is 15.0 Å². The summed E-state index contributed by atoms with van der Waals surface area (Å²) in [6, 6.07) is 2.35. The molecule has 0 saturated heterocycles. The number of rotatable bonds is 1. The molecule has 0 aliphatic rings. The van der Waals surface area contributed by atoms with Crippen molar-refractivity contribution in [3.05, 3.63) is 18.5 Å². The van der Waals surface area contributed by atoms with Crippen LogP contribution < -0.4 is 34.3 Å². The van der Waals surface area contributed by atoms with Crippen LogP contribution in [0.1, 0.15) is 1.43 Å². The second kappa shape index (κ2) is 3.89. The molecule has 0 bridgehead atoms. The summed E-state index contributed by atoms with van der Waals surface area (Å²) in [5.41, 5.74) is 1.77. The Labute approximate surface area is 93.1 Å². The smallest absolute Gasteiger partial charge is 1.00 e. The van der Waals surface area contributed by atoms with Gasteiger partial charge in [0, 0.05) is 6.20 Å². The number of imidazole rings is 1. The normalized spacial score (nSPS) is 9.42. The molecule has 2 rings (SSSR count). The molecule has 0 radical (unpaired) electrons. The monoisotopic (exact) mass is 173 g/mol. The van der Waals surface area contributed by atoms with Crippen molar-refractivity contribution >= 4 is 11.0 Å². The Morgan fingerprint density at radius 3 is 3.08 bits per heavy atom. The van der Waals surface area contributed by atoms with Gasteiger partial charge in [0.25, 0.3) is 6.01 Å². The van der Waals surface area contributed by atoms with Crippen molar-refractivity contribution in [1.82, 2.24) is 15.0 Å². The fraction of sp³-hybridized carbons (Fsp3) is 0.143. The van der Waals surface area contributed by atoms with E-state index in [9.17, 15) is 0 Å². The Balaban J connectivity index is 0.000000720. The molecule has 0 atom stereocenters. The van der Waals surface area contributed by atoms with Gasteiger partial charge in [0.1, 0.15) is 0 Å². The third-order valence-corrected chi connectivity index (χ3v) is 1.46. The Bertz CT molecular complexity index is 346. The standard InChI is InChI=1S/C7H7N3O.Na.H/c1-11-7-9-5-2-3-8-4-6(5)10-7;;/h2-4H,1H3,(H,9,10);;/q;+1;-1. The molecule has 4 nitrogen and oxygen atoms in total. The van der Waals surface area contributed by atoms with Gasteiger partial charge < -0.3 is 11.1 Å². The number of ether oxygens (including phenoxy) is 1. The summed E-state index contributed by atoms with van der Waals surface area (Å²) in [7, 11) is 1.57. The van der Waals surface area contributed by atoms with Crippen molar-refractivity contribution in [2.24, 2.45) is 0 Å². The topological polar surface area (TPSA) is 50.8 Å². The number of aromatic nitrogens is 3. The first-order valence-corrected chi connectivity index (χ1v) is 3.24. The van der Waals surface area contributed by atoms with Crippen LogP contribution in [0.25, 0.3) is 11.0 Å². The largest absolute Gasteiger partial charge is 1.00 e. The van der Waals surface area contributed by atoms with Crippen LogP contribution in [0.5, 0.6) is 6.01 Å². The molecule has 0 amide bonds. The van der Waals surface area contributed by atoms with Gasteiger partial charge >= 0.3 is 29.6 Å². The quantitative estimate of drug-likeness (QED) is 0.512. The van der Waals surface area contributed by atoms with Gasteiger partial charge in [-0.05, 0) is 6.07 Å². The average Bonchev–Trinajstić information content (AvgIpc) is 2.46. The molecule has 0 fully saturated rings. The van der Waals surface area contributed by atoms with Crippen molar-refractivity contribution in [2.75, 3.05) is 7.11 Å². The molecule has 0 aliphatic heterocycles. The van der Waals surface area contributed by atoms with E-state index in [0.717, 1.165) is 11.0 Å². The molecule has 0 aliphatic carbocycles. The summed E-state index contributed by atoms with van der Waals surface area (Å²) >= 11 is 0. The first-order valence-electron chi connectivity index (χ1n) is 3.24. The molecule has 5 heteroatoms. The Morgan fingerprint density at radius 2 is 2.42 bits per heavy atom. The second-order valence-electron chi connectivity index (χ2n) is 2.14. The fourth-order valence-electron chi connectivity index (χ4n) is 0.930. The number of hydrogen-bond acceptors (Lipinski definition) is 3. The van der Waals surface area contributed by atoms with E-state index in [1.54, 1.807) is 19.5 Å². The number of fused-ring (bicyclic) bond motifs is 1. The van der Waals surface area contributed by atoms with Gasteiger partial charge in [0.05, 0.1) is 24.3 Å². The van der Waals surface area contributed by atoms with Crippen molar-refractivity contribution in [3.63, 3.8) is 0 Å². The SMILES string of the molecule is COc1nc2ccncc2[nH]1.[H-].[Na+]. The van der Waals surface area contributed by atoms with Crippen LogP contribution in [0.2, 0.25) is 0 Å². The van der Waals surface area contributed by atoms with Crippen LogP contribution in [-0.2, 0) is 0 Å². The zero-order chi connectivity index (χ0) is 7.68. The second-order valence-corrected chi connectivity index (χ2v) is 2.14. The third kappa shape index (κ3) is 1.60. The summed E-state index contributed by atoms with van der Waals surface area (Å²) in [5, 5.41) is 0. The van der Waals surface area contributed by atoms with E-state index in [0.29, 0.717) is 6.01 Å². The number of H-pyrrole nitrogens is 1. The average molecular weight is 173 g/mol. The molecule has 1 N–H and O–H groups in total. The van der Waals surface area contributed by atoms with Gasteiger partial charge in [-0.2, -0.15) is 4.98 Å². The van der Waals surface area contributed by atoms with E-state index >= 15 is 0 Å². The molecule has 0 saturated carbocycles. The maximum atomic E-state index is 4.90. The molecule has 0 unspecified atom stereocenters. The number of methoxy groups -OCH3 is 1. The molecule has 2 aromatic rings. The summed E-state index contributed by atoms with van der Waals surface area (Å²) in [6.07, 6.45) is 3.41. The molecule has 0 spiro atoms. The summed E-state index contributed by atoms with van der Waals surface area (Å²) < 4.78 is 4.90. The molecule has 58 valence electrons. The van der Waals surface area contributed by atoms with Crippen LogP contribution in [0.4, 0.5) is 0 Å². The number of nitrogens with zero attached hydrogens (tertiary/aromatic N) is 2. The van der Waals surface area contributed by atoms with E-state index in [1.807, 2.05) is 6.07 Å². The van der Waals surface area contributed by atoms with Crippen molar-refractivity contribution in [2.45, 2.75) is 0 Å². The minimum atomic E-state index is 0. The van der Waals surface area contributed by atoms with Crippen LogP contribution in [0, 0.1) is 0 Å². The predicted octanol–water partition coefficient (Wildman–Crippen LogP) is -1.92.